The van der Waals surface area contributed by atoms with Gasteiger partial charge in [0.1, 0.15) is 0 Å². The monoisotopic (exact) mass is 225 g/mol. The number of hydrogen-bond donors (Lipinski definition) is 1. The maximum atomic E-state index is 13.0. The number of alkyl halides is 1. The topological polar surface area (TPSA) is 26.0 Å². The van der Waals surface area contributed by atoms with E-state index in [0.717, 1.165) is 6.07 Å². The zero-order valence-corrected chi connectivity index (χ0v) is 8.16. The molecule has 5 heteroatoms. The molecule has 1 rings (SSSR count). The molecule has 0 fully saturated rings. The number of hydrogen-bond acceptors (Lipinski definition) is 1. The van der Waals surface area contributed by atoms with Gasteiger partial charge >= 0.3 is 0 Å². The second-order valence-corrected chi connectivity index (χ2v) is 2.73. The maximum Gasteiger partial charge on any atom is 0.163 e. The number of halogens is 4. The Morgan fingerprint density at radius 2 is 1.93 bits per heavy atom. The lowest BCUT2D eigenvalue weighted by Crippen LogP contribution is -2.13. The lowest BCUT2D eigenvalue weighted by molar-refractivity contribution is 0.427. The standard InChI is InChI=1S/C9H10F3N.ClH/c10-5-4-8(13)6-2-1-3-7(11)9(6)12;/h1-3,8H,4-5,13H2;1H/t8-;/m0./s1. The van der Waals surface area contributed by atoms with Gasteiger partial charge in [-0.25, -0.2) is 8.78 Å². The summed E-state index contributed by atoms with van der Waals surface area (Å²) >= 11 is 0. The summed E-state index contributed by atoms with van der Waals surface area (Å²) in [5, 5.41) is 0. The van der Waals surface area contributed by atoms with Crippen molar-refractivity contribution in [3.05, 3.63) is 35.4 Å². The van der Waals surface area contributed by atoms with Crippen molar-refractivity contribution in [1.29, 1.82) is 0 Å². The van der Waals surface area contributed by atoms with E-state index in [4.69, 9.17) is 5.73 Å². The Balaban J connectivity index is 0.00000169. The van der Waals surface area contributed by atoms with E-state index >= 15 is 0 Å². The van der Waals surface area contributed by atoms with Gasteiger partial charge in [-0.3, -0.25) is 4.39 Å². The summed E-state index contributed by atoms with van der Waals surface area (Å²) < 4.78 is 37.5. The van der Waals surface area contributed by atoms with Crippen molar-refractivity contribution >= 4 is 12.4 Å². The van der Waals surface area contributed by atoms with Crippen LogP contribution >= 0.6 is 12.4 Å². The summed E-state index contributed by atoms with van der Waals surface area (Å²) in [5.41, 5.74) is 5.45. The number of rotatable bonds is 3. The predicted molar refractivity (Wildman–Crippen MR) is 51.1 cm³/mol. The minimum atomic E-state index is -0.983. The minimum Gasteiger partial charge on any atom is -0.324 e. The average Bonchev–Trinajstić information content (AvgIpc) is 2.10. The average molecular weight is 226 g/mol. The Bertz CT molecular complexity index is 293. The lowest BCUT2D eigenvalue weighted by atomic mass is 10.0. The van der Waals surface area contributed by atoms with E-state index in [1.165, 1.54) is 12.1 Å². The van der Waals surface area contributed by atoms with Gasteiger partial charge in [-0.1, -0.05) is 12.1 Å². The first-order valence-corrected chi connectivity index (χ1v) is 3.92. The molecule has 0 bridgehead atoms. The van der Waals surface area contributed by atoms with Crippen LogP contribution in [-0.2, 0) is 0 Å². The Kier molecular flexibility index (Phi) is 5.57. The fourth-order valence-corrected chi connectivity index (χ4v) is 1.08. The molecule has 1 aromatic rings. The molecule has 0 spiro atoms. The highest BCUT2D eigenvalue weighted by Crippen LogP contribution is 2.19. The van der Waals surface area contributed by atoms with Crippen molar-refractivity contribution in [3.63, 3.8) is 0 Å². The van der Waals surface area contributed by atoms with Crippen molar-refractivity contribution in [1.82, 2.24) is 0 Å². The molecule has 80 valence electrons. The summed E-state index contributed by atoms with van der Waals surface area (Å²) in [6, 6.07) is 2.94. The van der Waals surface area contributed by atoms with Crippen LogP contribution in [0.2, 0.25) is 0 Å². The van der Waals surface area contributed by atoms with E-state index in [9.17, 15) is 13.2 Å². The largest absolute Gasteiger partial charge is 0.324 e. The molecular weight excluding hydrogens is 215 g/mol. The Labute approximate surface area is 86.5 Å². The fourth-order valence-electron chi connectivity index (χ4n) is 1.08. The van der Waals surface area contributed by atoms with Crippen LogP contribution < -0.4 is 5.73 Å². The van der Waals surface area contributed by atoms with Gasteiger partial charge in [0, 0.05) is 11.6 Å². The lowest BCUT2D eigenvalue weighted by Gasteiger charge is -2.10. The first kappa shape index (κ1) is 13.3. The second kappa shape index (κ2) is 5.88. The van der Waals surface area contributed by atoms with Gasteiger partial charge in [-0.2, -0.15) is 0 Å². The molecule has 1 nitrogen and oxygen atoms in total. The van der Waals surface area contributed by atoms with Gasteiger partial charge in [-0.05, 0) is 12.5 Å². The van der Waals surface area contributed by atoms with Crippen LogP contribution in [0.25, 0.3) is 0 Å². The molecule has 1 atom stereocenters. The zero-order chi connectivity index (χ0) is 9.84. The van der Waals surface area contributed by atoms with Gasteiger partial charge in [0.15, 0.2) is 11.6 Å². The van der Waals surface area contributed by atoms with Gasteiger partial charge in [0.25, 0.3) is 0 Å². The highest BCUT2D eigenvalue weighted by Gasteiger charge is 2.13. The van der Waals surface area contributed by atoms with E-state index < -0.39 is 24.4 Å². The highest BCUT2D eigenvalue weighted by atomic mass is 35.5. The van der Waals surface area contributed by atoms with Crippen LogP contribution in [0.1, 0.15) is 18.0 Å². The van der Waals surface area contributed by atoms with Gasteiger partial charge in [-0.15, -0.1) is 12.4 Å². The van der Waals surface area contributed by atoms with Gasteiger partial charge in [0.05, 0.1) is 6.67 Å². The van der Waals surface area contributed by atoms with Crippen LogP contribution in [-0.4, -0.2) is 6.67 Å². The quantitative estimate of drug-likeness (QED) is 0.841. The predicted octanol–water partition coefficient (Wildman–Crippen LogP) is 2.75. The summed E-state index contributed by atoms with van der Waals surface area (Å²) in [6.07, 6.45) is 0.000370. The Hall–Kier alpha value is -0.740. The van der Waals surface area contributed by atoms with Crippen LogP contribution in [0.5, 0.6) is 0 Å². The van der Waals surface area contributed by atoms with E-state index in [0.29, 0.717) is 0 Å². The third-order valence-corrected chi connectivity index (χ3v) is 1.80. The van der Waals surface area contributed by atoms with Crippen LogP contribution in [0.4, 0.5) is 13.2 Å². The third-order valence-electron chi connectivity index (χ3n) is 1.80. The molecule has 0 aromatic heterocycles. The molecule has 2 N–H and O–H groups in total. The van der Waals surface area contributed by atoms with Gasteiger partial charge < -0.3 is 5.73 Å². The summed E-state index contributed by atoms with van der Waals surface area (Å²) in [5.74, 6) is -1.93. The minimum absolute atomic E-state index is 0. The smallest absolute Gasteiger partial charge is 0.163 e. The molecule has 0 aliphatic carbocycles. The van der Waals surface area contributed by atoms with E-state index in [1.54, 1.807) is 0 Å². The fraction of sp³-hybridized carbons (Fsp3) is 0.333. The van der Waals surface area contributed by atoms with Crippen molar-refractivity contribution in [2.75, 3.05) is 6.67 Å². The molecule has 0 unspecified atom stereocenters. The molecule has 0 saturated heterocycles. The molecule has 0 aliphatic heterocycles. The first-order valence-electron chi connectivity index (χ1n) is 3.92. The highest BCUT2D eigenvalue weighted by molar-refractivity contribution is 5.85. The maximum absolute atomic E-state index is 13.0. The normalized spacial score (nSPS) is 12.0. The van der Waals surface area contributed by atoms with Crippen molar-refractivity contribution in [2.24, 2.45) is 5.73 Å². The molecule has 0 aliphatic rings. The number of nitrogens with two attached hydrogens (primary N) is 1. The van der Waals surface area contributed by atoms with Crippen LogP contribution in [0.15, 0.2) is 18.2 Å². The summed E-state index contributed by atoms with van der Waals surface area (Å²) in [7, 11) is 0. The molecule has 0 saturated carbocycles. The Morgan fingerprint density at radius 3 is 2.50 bits per heavy atom. The molecule has 0 radical (unpaired) electrons. The summed E-state index contributed by atoms with van der Waals surface area (Å²) in [4.78, 5) is 0. The van der Waals surface area contributed by atoms with E-state index in [2.05, 4.69) is 0 Å². The van der Waals surface area contributed by atoms with E-state index in [-0.39, 0.29) is 24.4 Å². The summed E-state index contributed by atoms with van der Waals surface area (Å²) in [6.45, 7) is -0.642. The molecule has 0 heterocycles. The third kappa shape index (κ3) is 2.89. The van der Waals surface area contributed by atoms with Crippen molar-refractivity contribution in [2.45, 2.75) is 12.5 Å². The molecular formula is C9H11ClF3N. The van der Waals surface area contributed by atoms with E-state index in [1.807, 2.05) is 0 Å². The zero-order valence-electron chi connectivity index (χ0n) is 7.34. The van der Waals surface area contributed by atoms with Gasteiger partial charge in [0.2, 0.25) is 0 Å². The Morgan fingerprint density at radius 1 is 1.29 bits per heavy atom. The second-order valence-electron chi connectivity index (χ2n) is 2.73. The SMILES string of the molecule is Cl.N[C@@H](CCF)c1cccc(F)c1F. The van der Waals surface area contributed by atoms with Crippen molar-refractivity contribution < 1.29 is 13.2 Å². The number of benzene rings is 1. The van der Waals surface area contributed by atoms with Crippen LogP contribution in [0, 0.1) is 11.6 Å². The first-order chi connectivity index (χ1) is 6.16. The van der Waals surface area contributed by atoms with Crippen molar-refractivity contribution in [3.8, 4) is 0 Å². The molecule has 14 heavy (non-hydrogen) atoms. The molecule has 1 aromatic carbocycles. The molecule has 0 amide bonds. The van der Waals surface area contributed by atoms with Crippen LogP contribution in [0.3, 0.4) is 0 Å².